The first-order chi connectivity index (χ1) is 8.77. The largest absolute Gasteiger partial charge is 0.427 e. The quantitative estimate of drug-likeness (QED) is 0.744. The van der Waals surface area contributed by atoms with Crippen molar-refractivity contribution in [3.63, 3.8) is 0 Å². The summed E-state index contributed by atoms with van der Waals surface area (Å²) in [6.45, 7) is 9.97. The van der Waals surface area contributed by atoms with Crippen LogP contribution in [0.1, 0.15) is 40.5 Å². The Hall–Kier alpha value is -0.355. The number of hydrogen-bond donors (Lipinski definition) is 2. The van der Waals surface area contributed by atoms with Crippen LogP contribution in [0.2, 0.25) is 0 Å². The second-order valence-corrected chi connectivity index (χ2v) is 6.66. The second-order valence-electron chi connectivity index (χ2n) is 6.66. The Morgan fingerprint density at radius 3 is 2.53 bits per heavy atom. The van der Waals surface area contributed by atoms with E-state index >= 15 is 0 Å². The summed E-state index contributed by atoms with van der Waals surface area (Å²) in [6.07, 6.45) is 4.24. The van der Waals surface area contributed by atoms with Gasteiger partial charge in [0.1, 0.15) is 0 Å². The molecule has 2 rings (SSSR count). The van der Waals surface area contributed by atoms with Crippen molar-refractivity contribution in [1.29, 1.82) is 0 Å². The van der Waals surface area contributed by atoms with Gasteiger partial charge in [-0.3, -0.25) is 0 Å². The van der Waals surface area contributed by atoms with Gasteiger partial charge >= 0.3 is 7.48 Å². The minimum absolute atomic E-state index is 0.0634. The predicted molar refractivity (Wildman–Crippen MR) is 77.5 cm³/mol. The van der Waals surface area contributed by atoms with Gasteiger partial charge in [-0.2, -0.15) is 0 Å². The van der Waals surface area contributed by atoms with Crippen LogP contribution in [0, 0.1) is 0 Å². The van der Waals surface area contributed by atoms with E-state index in [0.717, 1.165) is 32.6 Å². The molecular formula is C14H26BNO3. The molecule has 0 aromatic heterocycles. The van der Waals surface area contributed by atoms with Crippen LogP contribution >= 0.6 is 0 Å². The molecule has 0 aromatic carbocycles. The van der Waals surface area contributed by atoms with E-state index < -0.39 is 11.2 Å². The van der Waals surface area contributed by atoms with Crippen LogP contribution in [0.15, 0.2) is 11.5 Å². The van der Waals surface area contributed by atoms with Crippen LogP contribution in [-0.2, 0) is 9.39 Å². The minimum Gasteiger partial charge on any atom is -0.427 e. The zero-order valence-electron chi connectivity index (χ0n) is 12.6. The van der Waals surface area contributed by atoms with E-state index in [9.17, 15) is 5.11 Å². The Balaban J connectivity index is 1.99. The molecule has 0 aliphatic carbocycles. The molecule has 1 spiro atoms. The van der Waals surface area contributed by atoms with Crippen molar-refractivity contribution < 1.29 is 14.5 Å². The normalized spacial score (nSPS) is 23.5. The van der Waals surface area contributed by atoms with Crippen molar-refractivity contribution in [2.75, 3.05) is 19.8 Å². The molecule has 0 saturated carbocycles. The zero-order valence-corrected chi connectivity index (χ0v) is 12.6. The maximum absolute atomic E-state index is 10.1. The lowest BCUT2D eigenvalue weighted by Crippen LogP contribution is -2.52. The maximum Gasteiger partial charge on any atom is 0.306 e. The Bertz CT molecular complexity index is 354. The third kappa shape index (κ3) is 3.05. The Kier molecular flexibility index (Phi) is 4.12. The summed E-state index contributed by atoms with van der Waals surface area (Å²) >= 11 is 0. The summed E-state index contributed by atoms with van der Waals surface area (Å²) in [6, 6.07) is 0. The molecule has 1 fully saturated rings. The second kappa shape index (κ2) is 5.21. The van der Waals surface area contributed by atoms with E-state index in [2.05, 4.69) is 11.4 Å². The van der Waals surface area contributed by atoms with E-state index in [4.69, 9.17) is 9.39 Å². The molecule has 2 N–H and O–H groups in total. The molecule has 0 bridgehead atoms. The molecule has 0 amide bonds. The van der Waals surface area contributed by atoms with E-state index in [1.165, 1.54) is 5.47 Å². The fourth-order valence-electron chi connectivity index (χ4n) is 2.53. The first kappa shape index (κ1) is 15.0. The van der Waals surface area contributed by atoms with Gasteiger partial charge in [-0.25, -0.2) is 0 Å². The molecule has 0 unspecified atom stereocenters. The molecule has 19 heavy (non-hydrogen) atoms. The number of rotatable bonds is 4. The van der Waals surface area contributed by atoms with Crippen LogP contribution in [0.4, 0.5) is 0 Å². The monoisotopic (exact) mass is 267 g/mol. The van der Waals surface area contributed by atoms with Crippen LogP contribution in [-0.4, -0.2) is 49.1 Å². The average molecular weight is 267 g/mol. The molecule has 0 radical (unpaired) electrons. The van der Waals surface area contributed by atoms with Gasteiger partial charge < -0.3 is 19.8 Å². The predicted octanol–water partition coefficient (Wildman–Crippen LogP) is 0.940. The maximum atomic E-state index is 10.1. The van der Waals surface area contributed by atoms with E-state index in [0.29, 0.717) is 7.48 Å². The van der Waals surface area contributed by atoms with Crippen LogP contribution in [0.5, 0.6) is 0 Å². The van der Waals surface area contributed by atoms with Crippen molar-refractivity contribution >= 4 is 7.48 Å². The highest BCUT2D eigenvalue weighted by Gasteiger charge is 2.41. The zero-order chi connectivity index (χ0) is 14.1. The molecule has 1 saturated heterocycles. The summed E-state index contributed by atoms with van der Waals surface area (Å²) in [5.74, 6) is 0. The minimum atomic E-state index is -0.859. The Labute approximate surface area is 116 Å². The number of hydrogen-bond acceptors (Lipinski definition) is 4. The van der Waals surface area contributed by atoms with Gasteiger partial charge in [-0.05, 0) is 40.5 Å². The van der Waals surface area contributed by atoms with E-state index in [1.807, 2.05) is 13.8 Å². The summed E-state index contributed by atoms with van der Waals surface area (Å²) in [7, 11) is 0.573. The number of aliphatic hydroxyl groups is 1. The van der Waals surface area contributed by atoms with Crippen molar-refractivity contribution in [2.24, 2.45) is 0 Å². The SMILES string of the molecule is CC(C)(O)C(C)(C)OBC1=CCNC12CCOCC2. The summed E-state index contributed by atoms with van der Waals surface area (Å²) in [4.78, 5) is 0. The summed E-state index contributed by atoms with van der Waals surface area (Å²) < 4.78 is 11.5. The van der Waals surface area contributed by atoms with Gasteiger partial charge in [0.2, 0.25) is 0 Å². The standard InChI is InChI=1S/C14H26BNO3/c1-12(2,17)13(3,4)19-15-11-5-8-16-14(11)6-9-18-10-7-14/h5,15-17H,6-10H2,1-4H3. The van der Waals surface area contributed by atoms with Crippen molar-refractivity contribution in [1.82, 2.24) is 5.32 Å². The summed E-state index contributed by atoms with van der Waals surface area (Å²) in [5.41, 5.74) is -0.0489. The number of nitrogens with one attached hydrogen (secondary N) is 1. The molecular weight excluding hydrogens is 241 g/mol. The Morgan fingerprint density at radius 1 is 1.32 bits per heavy atom. The highest BCUT2D eigenvalue weighted by Crippen LogP contribution is 2.33. The summed E-state index contributed by atoms with van der Waals surface area (Å²) in [5, 5.41) is 13.7. The van der Waals surface area contributed by atoms with E-state index in [1.54, 1.807) is 13.8 Å². The first-order valence-corrected chi connectivity index (χ1v) is 7.15. The average Bonchev–Trinajstić information content (AvgIpc) is 2.69. The van der Waals surface area contributed by atoms with Crippen LogP contribution < -0.4 is 5.32 Å². The Morgan fingerprint density at radius 2 is 1.95 bits per heavy atom. The lowest BCUT2D eigenvalue weighted by atomic mass is 9.69. The smallest absolute Gasteiger partial charge is 0.306 e. The van der Waals surface area contributed by atoms with Gasteiger partial charge in [0.05, 0.1) is 11.2 Å². The molecule has 0 aromatic rings. The van der Waals surface area contributed by atoms with Gasteiger partial charge in [-0.15, -0.1) is 0 Å². The third-order valence-electron chi connectivity index (χ3n) is 4.81. The highest BCUT2D eigenvalue weighted by atomic mass is 16.5. The van der Waals surface area contributed by atoms with Gasteiger partial charge in [0.25, 0.3) is 0 Å². The molecule has 4 nitrogen and oxygen atoms in total. The topological polar surface area (TPSA) is 50.7 Å². The molecule has 0 atom stereocenters. The van der Waals surface area contributed by atoms with Crippen LogP contribution in [0.3, 0.4) is 0 Å². The molecule has 2 aliphatic rings. The first-order valence-electron chi connectivity index (χ1n) is 7.15. The fraction of sp³-hybridized carbons (Fsp3) is 0.857. The lowest BCUT2D eigenvalue weighted by molar-refractivity contribution is -0.0900. The number of ether oxygens (including phenoxy) is 1. The van der Waals surface area contributed by atoms with Crippen molar-refractivity contribution in [3.05, 3.63) is 11.5 Å². The van der Waals surface area contributed by atoms with Crippen molar-refractivity contribution in [3.8, 4) is 0 Å². The lowest BCUT2D eigenvalue weighted by Gasteiger charge is -2.40. The van der Waals surface area contributed by atoms with E-state index in [-0.39, 0.29) is 5.54 Å². The fourth-order valence-corrected chi connectivity index (χ4v) is 2.53. The molecule has 2 aliphatic heterocycles. The highest BCUT2D eigenvalue weighted by molar-refractivity contribution is 6.39. The van der Waals surface area contributed by atoms with Gasteiger partial charge in [0.15, 0.2) is 0 Å². The van der Waals surface area contributed by atoms with Gasteiger partial charge in [-0.1, -0.05) is 11.5 Å². The van der Waals surface area contributed by atoms with Gasteiger partial charge in [0, 0.05) is 25.3 Å². The molecule has 108 valence electrons. The third-order valence-corrected chi connectivity index (χ3v) is 4.81. The molecule has 2 heterocycles. The van der Waals surface area contributed by atoms with Crippen molar-refractivity contribution in [2.45, 2.75) is 57.3 Å². The molecule has 5 heteroatoms. The van der Waals surface area contributed by atoms with Crippen LogP contribution in [0.25, 0.3) is 0 Å².